The number of carbonyl (C=O) groups excluding carboxylic acids is 2. The molecular formula is C15H26N2O3. The third-order valence-corrected chi connectivity index (χ3v) is 4.35. The minimum atomic E-state index is -0.242. The van der Waals surface area contributed by atoms with Gasteiger partial charge in [0.1, 0.15) is 6.04 Å². The smallest absolute Gasteiger partial charge is 0.242 e. The third kappa shape index (κ3) is 3.72. The molecule has 5 heteroatoms. The van der Waals surface area contributed by atoms with Crippen LogP contribution in [-0.2, 0) is 14.3 Å². The van der Waals surface area contributed by atoms with E-state index in [-0.39, 0.29) is 23.9 Å². The molecule has 2 rings (SSSR count). The van der Waals surface area contributed by atoms with Crippen molar-refractivity contribution in [1.82, 2.24) is 10.2 Å². The first-order chi connectivity index (χ1) is 9.74. The quantitative estimate of drug-likeness (QED) is 0.750. The number of amides is 2. The molecule has 1 atom stereocenters. The van der Waals surface area contributed by atoms with Gasteiger partial charge in [-0.25, -0.2) is 0 Å². The van der Waals surface area contributed by atoms with Crippen LogP contribution in [0.1, 0.15) is 51.4 Å². The van der Waals surface area contributed by atoms with Crippen molar-refractivity contribution in [2.24, 2.45) is 0 Å². The second-order valence-electron chi connectivity index (χ2n) is 5.78. The fourth-order valence-corrected chi connectivity index (χ4v) is 3.32. The number of carbonyl (C=O) groups is 2. The van der Waals surface area contributed by atoms with E-state index in [4.69, 9.17) is 4.74 Å². The fourth-order valence-electron chi connectivity index (χ4n) is 3.32. The maximum absolute atomic E-state index is 12.3. The summed E-state index contributed by atoms with van der Waals surface area (Å²) in [7, 11) is 1.66. The van der Waals surface area contributed by atoms with Crippen molar-refractivity contribution in [1.29, 1.82) is 0 Å². The number of hydrogen-bond acceptors (Lipinski definition) is 3. The third-order valence-electron chi connectivity index (χ3n) is 4.35. The lowest BCUT2D eigenvalue weighted by Gasteiger charge is -2.35. The molecule has 5 nitrogen and oxygen atoms in total. The van der Waals surface area contributed by atoms with Crippen LogP contribution in [-0.4, -0.2) is 49.1 Å². The molecule has 1 N–H and O–H groups in total. The minimum Gasteiger partial charge on any atom is -0.385 e. The van der Waals surface area contributed by atoms with Gasteiger partial charge in [0.25, 0.3) is 0 Å². The van der Waals surface area contributed by atoms with Crippen LogP contribution in [0.15, 0.2) is 0 Å². The zero-order valence-corrected chi connectivity index (χ0v) is 12.4. The Morgan fingerprint density at radius 2 is 2.05 bits per heavy atom. The predicted molar refractivity (Wildman–Crippen MR) is 76.2 cm³/mol. The van der Waals surface area contributed by atoms with E-state index in [1.807, 2.05) is 4.90 Å². The van der Waals surface area contributed by atoms with Crippen LogP contribution >= 0.6 is 0 Å². The molecular weight excluding hydrogens is 256 g/mol. The van der Waals surface area contributed by atoms with Crippen molar-refractivity contribution in [3.05, 3.63) is 0 Å². The van der Waals surface area contributed by atoms with E-state index < -0.39 is 0 Å². The van der Waals surface area contributed by atoms with E-state index in [0.29, 0.717) is 26.0 Å². The van der Waals surface area contributed by atoms with Gasteiger partial charge in [-0.1, -0.05) is 19.3 Å². The Balaban J connectivity index is 1.88. The molecule has 0 bridgehead atoms. The first-order valence-corrected chi connectivity index (χ1v) is 7.82. The van der Waals surface area contributed by atoms with Crippen LogP contribution in [0.3, 0.4) is 0 Å². The van der Waals surface area contributed by atoms with Gasteiger partial charge in [0.15, 0.2) is 0 Å². The average Bonchev–Trinajstić information content (AvgIpc) is 2.86. The Labute approximate surface area is 121 Å². The molecule has 0 aromatic rings. The molecule has 2 aliphatic rings. The maximum Gasteiger partial charge on any atom is 0.242 e. The number of hydrogen-bond donors (Lipinski definition) is 1. The van der Waals surface area contributed by atoms with Crippen LogP contribution in [0, 0.1) is 0 Å². The number of nitrogens with zero attached hydrogens (tertiary/aromatic N) is 1. The molecule has 114 valence electrons. The van der Waals surface area contributed by atoms with Crippen LogP contribution < -0.4 is 5.32 Å². The zero-order chi connectivity index (χ0) is 14.4. The highest BCUT2D eigenvalue weighted by atomic mass is 16.5. The van der Waals surface area contributed by atoms with Gasteiger partial charge in [0.05, 0.1) is 0 Å². The van der Waals surface area contributed by atoms with Crippen LogP contribution in [0.25, 0.3) is 0 Å². The molecule has 0 radical (unpaired) electrons. The van der Waals surface area contributed by atoms with E-state index in [9.17, 15) is 9.59 Å². The second-order valence-corrected chi connectivity index (χ2v) is 5.78. The Morgan fingerprint density at radius 1 is 1.30 bits per heavy atom. The van der Waals surface area contributed by atoms with Crippen molar-refractivity contribution in [3.8, 4) is 0 Å². The van der Waals surface area contributed by atoms with Gasteiger partial charge in [-0.3, -0.25) is 9.59 Å². The second kappa shape index (κ2) is 7.62. The van der Waals surface area contributed by atoms with Crippen LogP contribution in [0.5, 0.6) is 0 Å². The average molecular weight is 282 g/mol. The Hall–Kier alpha value is -1.10. The van der Waals surface area contributed by atoms with E-state index in [2.05, 4.69) is 5.32 Å². The summed E-state index contributed by atoms with van der Waals surface area (Å²) < 4.78 is 4.97. The van der Waals surface area contributed by atoms with Crippen molar-refractivity contribution in [3.63, 3.8) is 0 Å². The van der Waals surface area contributed by atoms with Gasteiger partial charge >= 0.3 is 0 Å². The topological polar surface area (TPSA) is 58.6 Å². The lowest BCUT2D eigenvalue weighted by Crippen LogP contribution is -2.50. The first-order valence-electron chi connectivity index (χ1n) is 7.82. The zero-order valence-electron chi connectivity index (χ0n) is 12.4. The summed E-state index contributed by atoms with van der Waals surface area (Å²) >= 11 is 0. The summed E-state index contributed by atoms with van der Waals surface area (Å²) in [5.74, 6) is 0.173. The summed E-state index contributed by atoms with van der Waals surface area (Å²) in [5.41, 5.74) is 0. The molecule has 20 heavy (non-hydrogen) atoms. The molecule has 0 aromatic heterocycles. The normalized spacial score (nSPS) is 24.1. The molecule has 1 aliphatic heterocycles. The summed E-state index contributed by atoms with van der Waals surface area (Å²) in [6, 6.07) is 0.0432. The van der Waals surface area contributed by atoms with Gasteiger partial charge in [-0.05, 0) is 25.7 Å². The van der Waals surface area contributed by atoms with Gasteiger partial charge in [0, 0.05) is 32.7 Å². The molecule has 0 spiro atoms. The summed E-state index contributed by atoms with van der Waals surface area (Å²) in [6.45, 7) is 1.27. The molecule has 2 amide bonds. The Kier molecular flexibility index (Phi) is 5.83. The molecule has 1 aliphatic carbocycles. The highest BCUT2D eigenvalue weighted by Gasteiger charge is 2.40. The van der Waals surface area contributed by atoms with E-state index >= 15 is 0 Å². The SMILES string of the molecule is COCCCNC(=O)C1CCC(=O)N1C1CCCCC1. The number of methoxy groups -OCH3 is 1. The monoisotopic (exact) mass is 282 g/mol. The molecule has 0 aromatic carbocycles. The number of ether oxygens (including phenoxy) is 1. The van der Waals surface area contributed by atoms with Crippen LogP contribution in [0.4, 0.5) is 0 Å². The van der Waals surface area contributed by atoms with E-state index in [1.54, 1.807) is 7.11 Å². The summed E-state index contributed by atoms with van der Waals surface area (Å²) in [5, 5.41) is 2.94. The molecule has 1 saturated carbocycles. The van der Waals surface area contributed by atoms with Crippen molar-refractivity contribution < 1.29 is 14.3 Å². The highest BCUT2D eigenvalue weighted by molar-refractivity contribution is 5.91. The van der Waals surface area contributed by atoms with E-state index in [0.717, 1.165) is 19.3 Å². The number of rotatable bonds is 6. The first kappa shape index (κ1) is 15.3. The predicted octanol–water partition coefficient (Wildman–Crippen LogP) is 1.46. The van der Waals surface area contributed by atoms with Gasteiger partial charge in [0.2, 0.25) is 11.8 Å². The lowest BCUT2D eigenvalue weighted by molar-refractivity contribution is -0.138. The summed E-state index contributed by atoms with van der Waals surface area (Å²) in [4.78, 5) is 26.2. The van der Waals surface area contributed by atoms with E-state index in [1.165, 1.54) is 19.3 Å². The minimum absolute atomic E-state index is 0.0116. The fraction of sp³-hybridized carbons (Fsp3) is 0.867. The lowest BCUT2D eigenvalue weighted by atomic mass is 9.93. The van der Waals surface area contributed by atoms with Crippen LogP contribution in [0.2, 0.25) is 0 Å². The number of likely N-dealkylation sites (tertiary alicyclic amines) is 1. The van der Waals surface area contributed by atoms with Crippen molar-refractivity contribution >= 4 is 11.8 Å². The molecule has 1 heterocycles. The van der Waals surface area contributed by atoms with Gasteiger partial charge in [-0.2, -0.15) is 0 Å². The summed E-state index contributed by atoms with van der Waals surface area (Å²) in [6.07, 6.45) is 7.72. The maximum atomic E-state index is 12.3. The van der Waals surface area contributed by atoms with Gasteiger partial charge in [-0.15, -0.1) is 0 Å². The number of nitrogens with one attached hydrogen (secondary N) is 1. The van der Waals surface area contributed by atoms with Crippen molar-refractivity contribution in [2.45, 2.75) is 63.5 Å². The Morgan fingerprint density at radius 3 is 2.75 bits per heavy atom. The Bertz CT molecular complexity index is 340. The highest BCUT2D eigenvalue weighted by Crippen LogP contribution is 2.30. The standard InChI is InChI=1S/C15H26N2O3/c1-20-11-5-10-16-15(19)13-8-9-14(18)17(13)12-6-3-2-4-7-12/h12-13H,2-11H2,1H3,(H,16,19). The molecule has 2 fully saturated rings. The largest absolute Gasteiger partial charge is 0.385 e. The molecule has 1 saturated heterocycles. The van der Waals surface area contributed by atoms with Crippen molar-refractivity contribution in [2.75, 3.05) is 20.3 Å². The van der Waals surface area contributed by atoms with Gasteiger partial charge < -0.3 is 15.0 Å². The molecule has 1 unspecified atom stereocenters.